The lowest BCUT2D eigenvalue weighted by Gasteiger charge is -2.33. The maximum atomic E-state index is 10.9. The van der Waals surface area contributed by atoms with Gasteiger partial charge in [-0.3, -0.25) is 0 Å². The van der Waals surface area contributed by atoms with Gasteiger partial charge in [0.1, 0.15) is 31.1 Å². The first-order valence-electron chi connectivity index (χ1n) is 9.00. The first-order valence-corrected chi connectivity index (χ1v) is 10.7. The fourth-order valence-electron chi connectivity index (χ4n) is 3.67. The van der Waals surface area contributed by atoms with E-state index in [1.165, 1.54) is 29.4 Å². The molecule has 3 aromatic rings. The molecular weight excluding hydrogens is 354 g/mol. The molecule has 1 aliphatic rings. The molecule has 4 heterocycles. The van der Waals surface area contributed by atoms with Crippen molar-refractivity contribution in [2.45, 2.75) is 26.3 Å². The number of likely N-dealkylation sites (N-methyl/N-ethyl adjacent to an activating group) is 1. The minimum absolute atomic E-state index is 0.178. The second kappa shape index (κ2) is 7.03. The van der Waals surface area contributed by atoms with Crippen molar-refractivity contribution in [1.82, 2.24) is 14.6 Å². The van der Waals surface area contributed by atoms with Crippen LogP contribution < -0.4 is 9.80 Å². The average molecular weight is 380 g/mol. The molecule has 0 bridgehead atoms. The van der Waals surface area contributed by atoms with Gasteiger partial charge in [0.05, 0.1) is 11.4 Å². The lowest BCUT2D eigenvalue weighted by Crippen LogP contribution is -3.28. The molecule has 6 nitrogen and oxygen atoms in total. The van der Waals surface area contributed by atoms with Crippen LogP contribution in [0.25, 0.3) is 4.96 Å². The van der Waals surface area contributed by atoms with Gasteiger partial charge in [-0.05, 0) is 18.4 Å². The van der Waals surface area contributed by atoms with Gasteiger partial charge in [-0.2, -0.15) is 4.52 Å². The smallest absolute Gasteiger partial charge is 0.235 e. The van der Waals surface area contributed by atoms with Gasteiger partial charge in [0, 0.05) is 6.42 Å². The zero-order valence-corrected chi connectivity index (χ0v) is 16.3. The Morgan fingerprint density at radius 2 is 2.08 bits per heavy atom. The number of fused-ring (bicyclic) bond motifs is 1. The van der Waals surface area contributed by atoms with Crippen LogP contribution in [0, 0.1) is 0 Å². The van der Waals surface area contributed by atoms with Crippen LogP contribution in [0.2, 0.25) is 0 Å². The second-order valence-electron chi connectivity index (χ2n) is 6.58. The molecule has 0 saturated carbocycles. The number of aromatic hydroxyl groups is 1. The summed E-state index contributed by atoms with van der Waals surface area (Å²) in [7, 11) is 0. The molecule has 3 N–H and O–H groups in total. The summed E-state index contributed by atoms with van der Waals surface area (Å²) in [5, 5.41) is 17.4. The number of nitrogens with one attached hydrogen (secondary N) is 2. The van der Waals surface area contributed by atoms with Gasteiger partial charge in [-0.15, -0.1) is 16.4 Å². The minimum atomic E-state index is 0.178. The summed E-state index contributed by atoms with van der Waals surface area (Å²) in [5.74, 6) is 1.05. The zero-order valence-electron chi connectivity index (χ0n) is 14.7. The predicted molar refractivity (Wildman–Crippen MR) is 100 cm³/mol. The third kappa shape index (κ3) is 3.08. The number of thiazole rings is 1. The Bertz CT molecular complexity index is 833. The molecule has 134 valence electrons. The lowest BCUT2D eigenvalue weighted by molar-refractivity contribution is -1.02. The largest absolute Gasteiger partial charge is 0.492 e. The van der Waals surface area contributed by atoms with Crippen molar-refractivity contribution in [3.05, 3.63) is 33.1 Å². The van der Waals surface area contributed by atoms with E-state index in [0.29, 0.717) is 0 Å². The Balaban J connectivity index is 1.71. The van der Waals surface area contributed by atoms with Crippen molar-refractivity contribution >= 4 is 27.6 Å². The van der Waals surface area contributed by atoms with Crippen LogP contribution in [0.5, 0.6) is 5.88 Å². The lowest BCUT2D eigenvalue weighted by atomic mass is 10.1. The molecule has 1 saturated heterocycles. The molecule has 1 fully saturated rings. The molecule has 0 aromatic carbocycles. The van der Waals surface area contributed by atoms with Gasteiger partial charge >= 0.3 is 0 Å². The van der Waals surface area contributed by atoms with Gasteiger partial charge < -0.3 is 14.9 Å². The van der Waals surface area contributed by atoms with Crippen LogP contribution in [0.15, 0.2) is 17.5 Å². The maximum Gasteiger partial charge on any atom is 0.235 e. The van der Waals surface area contributed by atoms with Crippen molar-refractivity contribution in [2.24, 2.45) is 0 Å². The fourth-order valence-corrected chi connectivity index (χ4v) is 5.78. The summed E-state index contributed by atoms with van der Waals surface area (Å²) in [5.41, 5.74) is 0. The highest BCUT2D eigenvalue weighted by atomic mass is 32.1. The van der Waals surface area contributed by atoms with Crippen molar-refractivity contribution in [1.29, 1.82) is 0 Å². The van der Waals surface area contributed by atoms with Gasteiger partial charge in [0.15, 0.2) is 11.9 Å². The van der Waals surface area contributed by atoms with E-state index in [-0.39, 0.29) is 11.9 Å². The third-order valence-electron chi connectivity index (χ3n) is 5.16. The number of thiophene rings is 1. The van der Waals surface area contributed by atoms with Crippen molar-refractivity contribution in [3.8, 4) is 5.88 Å². The molecule has 4 rings (SSSR count). The van der Waals surface area contributed by atoms with Gasteiger partial charge in [0.25, 0.3) is 0 Å². The van der Waals surface area contributed by atoms with E-state index in [2.05, 4.69) is 34.5 Å². The van der Waals surface area contributed by atoms with E-state index >= 15 is 0 Å². The van der Waals surface area contributed by atoms with Crippen LogP contribution in [0.3, 0.4) is 0 Å². The normalized spacial score (nSPS) is 22.5. The van der Waals surface area contributed by atoms with Crippen LogP contribution >= 0.6 is 22.7 Å². The highest BCUT2D eigenvalue weighted by molar-refractivity contribution is 7.17. The van der Waals surface area contributed by atoms with Crippen molar-refractivity contribution in [3.63, 3.8) is 0 Å². The van der Waals surface area contributed by atoms with E-state index in [1.807, 2.05) is 6.92 Å². The zero-order chi connectivity index (χ0) is 17.4. The van der Waals surface area contributed by atoms with E-state index in [1.54, 1.807) is 32.1 Å². The van der Waals surface area contributed by atoms with Crippen molar-refractivity contribution in [2.75, 3.05) is 32.7 Å². The highest BCUT2D eigenvalue weighted by Gasteiger charge is 2.36. The Hall–Kier alpha value is -1.48. The van der Waals surface area contributed by atoms with Crippen LogP contribution in [0.4, 0.5) is 0 Å². The molecule has 1 atom stereocenters. The summed E-state index contributed by atoms with van der Waals surface area (Å²) < 4.78 is 1.62. The summed E-state index contributed by atoms with van der Waals surface area (Å²) in [4.78, 5) is 10.9. The Morgan fingerprint density at radius 3 is 2.68 bits per heavy atom. The van der Waals surface area contributed by atoms with Crippen LogP contribution in [-0.2, 0) is 6.42 Å². The average Bonchev–Trinajstić information content (AvgIpc) is 3.35. The van der Waals surface area contributed by atoms with E-state index in [4.69, 9.17) is 0 Å². The number of rotatable bonds is 5. The third-order valence-corrected chi connectivity index (χ3v) is 7.18. The summed E-state index contributed by atoms with van der Waals surface area (Å²) in [6.07, 6.45) is 0.782. The quantitative estimate of drug-likeness (QED) is 0.586. The molecule has 8 heteroatoms. The second-order valence-corrected chi connectivity index (χ2v) is 8.56. The minimum Gasteiger partial charge on any atom is -0.492 e. The first kappa shape index (κ1) is 17.0. The molecule has 0 aliphatic carbocycles. The maximum absolute atomic E-state index is 10.9. The molecule has 1 aliphatic heterocycles. The molecule has 3 aromatic heterocycles. The Morgan fingerprint density at radius 1 is 1.28 bits per heavy atom. The Labute approximate surface area is 155 Å². The molecular formula is C17H25N5OS2+2. The predicted octanol–water partition coefficient (Wildman–Crippen LogP) is 0.0130. The molecule has 0 amide bonds. The number of hydrogen-bond acceptors (Lipinski definition) is 5. The van der Waals surface area contributed by atoms with Gasteiger partial charge in [-0.1, -0.05) is 24.3 Å². The topological polar surface area (TPSA) is 59.3 Å². The van der Waals surface area contributed by atoms with Crippen molar-refractivity contribution < 1.29 is 14.9 Å². The van der Waals surface area contributed by atoms with Gasteiger partial charge in [-0.25, -0.2) is 4.98 Å². The monoisotopic (exact) mass is 379 g/mol. The molecule has 0 unspecified atom stereocenters. The standard InChI is InChI=1S/C17H23N5OS2/c1-3-13-18-17-22(19-13)16(23)15(25-17)14(12-6-5-11-24-12)21-9-7-20(4-2)8-10-21/h5-6,11,14,23H,3-4,7-10H2,1-2H3/p+2/t14-/m1/s1. The first-order chi connectivity index (χ1) is 12.2. The summed E-state index contributed by atoms with van der Waals surface area (Å²) >= 11 is 3.36. The number of hydrogen-bond donors (Lipinski definition) is 3. The molecule has 25 heavy (non-hydrogen) atoms. The number of aromatic nitrogens is 3. The summed E-state index contributed by atoms with van der Waals surface area (Å²) in [6.45, 7) is 10.1. The Kier molecular flexibility index (Phi) is 4.77. The fraction of sp³-hybridized carbons (Fsp3) is 0.529. The number of nitrogens with zero attached hydrogens (tertiary/aromatic N) is 3. The highest BCUT2D eigenvalue weighted by Crippen LogP contribution is 2.36. The molecule has 0 radical (unpaired) electrons. The number of quaternary nitrogens is 2. The SMILES string of the molecule is CCc1nc2sc([C@@H](c3cccs3)[NH+]3CC[NH+](CC)CC3)c(O)n2n1. The van der Waals surface area contributed by atoms with Crippen LogP contribution in [0.1, 0.15) is 35.5 Å². The van der Waals surface area contributed by atoms with E-state index in [9.17, 15) is 5.11 Å². The number of aryl methyl sites for hydroxylation is 1. The van der Waals surface area contributed by atoms with E-state index in [0.717, 1.165) is 35.2 Å². The van der Waals surface area contributed by atoms with Crippen LogP contribution in [-0.4, -0.2) is 52.4 Å². The summed E-state index contributed by atoms with van der Waals surface area (Å²) in [6, 6.07) is 4.47. The van der Waals surface area contributed by atoms with E-state index < -0.39 is 0 Å². The van der Waals surface area contributed by atoms with Gasteiger partial charge in [0.2, 0.25) is 10.8 Å². The molecule has 0 spiro atoms. The number of piperazine rings is 1.